The lowest BCUT2D eigenvalue weighted by atomic mass is 9.90. The van der Waals surface area contributed by atoms with Gasteiger partial charge < -0.3 is 4.98 Å². The predicted octanol–water partition coefficient (Wildman–Crippen LogP) is 5.52. The van der Waals surface area contributed by atoms with Gasteiger partial charge in [0.2, 0.25) is 0 Å². The lowest BCUT2D eigenvalue weighted by molar-refractivity contribution is 0.626. The van der Waals surface area contributed by atoms with Gasteiger partial charge in [0.1, 0.15) is 17.5 Å². The minimum Gasteiger partial charge on any atom is -0.344 e. The summed E-state index contributed by atoms with van der Waals surface area (Å²) in [6, 6.07) is 8.40. The number of nitrogens with one attached hydrogen (secondary N) is 2. The highest BCUT2D eigenvalue weighted by Crippen LogP contribution is 2.35. The Morgan fingerprint density at radius 3 is 1.93 bits per heavy atom. The highest BCUT2D eigenvalue weighted by molar-refractivity contribution is 7.91. The largest absolute Gasteiger partial charge is 0.344 e. The molecule has 1 aromatic heterocycles. The molecular weight excluding hydrogens is 415 g/mol. The van der Waals surface area contributed by atoms with Crippen molar-refractivity contribution in [2.45, 2.75) is 17.9 Å². The molecule has 0 bridgehead atoms. The summed E-state index contributed by atoms with van der Waals surface area (Å²) < 4.78 is 47.2. The molecule has 142 valence electrons. The molecule has 1 atom stereocenters. The zero-order chi connectivity index (χ0) is 19.9. The molecule has 1 unspecified atom stereocenters. The Bertz CT molecular complexity index is 1080. The van der Waals surface area contributed by atoms with Crippen molar-refractivity contribution in [1.82, 2.24) is 9.97 Å². The number of benzene rings is 2. The zero-order valence-electron chi connectivity index (χ0n) is 14.3. The van der Waals surface area contributed by atoms with Crippen LogP contribution in [-0.2, 0) is 9.73 Å². The minimum absolute atomic E-state index is 0.0750. The zero-order valence-corrected chi connectivity index (χ0v) is 16.6. The second-order valence-electron chi connectivity index (χ2n) is 6.18. The third-order valence-corrected chi connectivity index (χ3v) is 5.77. The van der Waals surface area contributed by atoms with Gasteiger partial charge in [0, 0.05) is 11.9 Å². The molecule has 0 radical (unpaired) electrons. The molecule has 2 aromatic carbocycles. The smallest absolute Gasteiger partial charge is 0.156 e. The first kappa shape index (κ1) is 19.8. The Labute approximate surface area is 165 Å². The van der Waals surface area contributed by atoms with Gasteiger partial charge in [-0.05, 0) is 42.3 Å². The van der Waals surface area contributed by atoms with E-state index < -0.39 is 27.3 Å². The summed E-state index contributed by atoms with van der Waals surface area (Å²) in [5.74, 6) is -1.38. The average Bonchev–Trinajstić information content (AvgIpc) is 2.96. The summed E-state index contributed by atoms with van der Waals surface area (Å²) in [5.41, 5.74) is 1.65. The molecule has 0 aliphatic rings. The van der Waals surface area contributed by atoms with E-state index in [1.165, 1.54) is 42.7 Å². The van der Waals surface area contributed by atoms with Crippen LogP contribution in [-0.4, -0.2) is 20.4 Å². The number of imidazole rings is 1. The molecule has 0 saturated carbocycles. The Morgan fingerprint density at radius 1 is 1.07 bits per heavy atom. The first-order chi connectivity index (χ1) is 12.6. The van der Waals surface area contributed by atoms with Gasteiger partial charge in [-0.1, -0.05) is 35.3 Å². The first-order valence-corrected chi connectivity index (χ1v) is 10.5. The third kappa shape index (κ3) is 4.00. The van der Waals surface area contributed by atoms with Crippen molar-refractivity contribution in [2.24, 2.45) is 0 Å². The van der Waals surface area contributed by atoms with E-state index in [1.54, 1.807) is 6.92 Å². The normalized spacial score (nSPS) is 13.7. The van der Waals surface area contributed by atoms with Crippen LogP contribution in [0.4, 0.5) is 8.78 Å². The number of rotatable bonds is 4. The monoisotopic (exact) mass is 429 g/mol. The maximum Gasteiger partial charge on any atom is 0.156 e. The Morgan fingerprint density at radius 2 is 1.56 bits per heavy atom. The Balaban J connectivity index is 2.24. The third-order valence-electron chi connectivity index (χ3n) is 4.05. The van der Waals surface area contributed by atoms with Crippen LogP contribution in [0.3, 0.4) is 0 Å². The van der Waals surface area contributed by atoms with Crippen LogP contribution in [0.25, 0.3) is 0 Å². The van der Waals surface area contributed by atoms with Crippen molar-refractivity contribution in [3.8, 4) is 0 Å². The van der Waals surface area contributed by atoms with Crippen LogP contribution in [0.2, 0.25) is 10.0 Å². The van der Waals surface area contributed by atoms with Crippen molar-refractivity contribution < 1.29 is 13.0 Å². The van der Waals surface area contributed by atoms with Crippen LogP contribution in [0.15, 0.2) is 41.4 Å². The molecule has 0 amide bonds. The highest BCUT2D eigenvalue weighted by atomic mass is 35.5. The molecular formula is C18H15Cl2F2N3OS. The van der Waals surface area contributed by atoms with E-state index in [9.17, 15) is 13.0 Å². The number of halogens is 4. The molecule has 4 nitrogen and oxygen atoms in total. The summed E-state index contributed by atoms with van der Waals surface area (Å²) in [4.78, 5) is 7.38. The van der Waals surface area contributed by atoms with E-state index >= 15 is 0 Å². The van der Waals surface area contributed by atoms with Crippen molar-refractivity contribution >= 4 is 32.9 Å². The molecule has 1 heterocycles. The van der Waals surface area contributed by atoms with Gasteiger partial charge in [0.15, 0.2) is 5.03 Å². The molecule has 27 heavy (non-hydrogen) atoms. The number of hydrogen-bond acceptors (Lipinski definition) is 3. The van der Waals surface area contributed by atoms with E-state index in [4.69, 9.17) is 28.0 Å². The van der Waals surface area contributed by atoms with Crippen LogP contribution in [0.1, 0.15) is 28.6 Å². The molecule has 3 rings (SSSR count). The molecule has 9 heteroatoms. The molecule has 3 aromatic rings. The number of aromatic amines is 1. The second-order valence-corrected chi connectivity index (χ2v) is 9.06. The summed E-state index contributed by atoms with van der Waals surface area (Å²) in [5, 5.41) is -0.0214. The fourth-order valence-electron chi connectivity index (χ4n) is 2.87. The summed E-state index contributed by atoms with van der Waals surface area (Å²) in [6.07, 6.45) is 1.28. The van der Waals surface area contributed by atoms with Gasteiger partial charge >= 0.3 is 0 Å². The summed E-state index contributed by atoms with van der Waals surface area (Å²) in [6.45, 7) is 1.66. The molecule has 2 N–H and O–H groups in total. The second kappa shape index (κ2) is 7.22. The number of aromatic nitrogens is 2. The molecule has 0 fully saturated rings. The van der Waals surface area contributed by atoms with Crippen LogP contribution in [0.5, 0.6) is 0 Å². The Hall–Kier alpha value is -1.96. The van der Waals surface area contributed by atoms with Gasteiger partial charge in [-0.15, -0.1) is 0 Å². The molecule has 0 aliphatic carbocycles. The predicted molar refractivity (Wildman–Crippen MR) is 102 cm³/mol. The number of aryl methyl sites for hydroxylation is 1. The number of nitrogens with zero attached hydrogens (tertiary/aromatic N) is 1. The van der Waals surface area contributed by atoms with Crippen molar-refractivity contribution in [2.75, 3.05) is 6.26 Å². The number of H-pyrrole nitrogens is 1. The van der Waals surface area contributed by atoms with Crippen LogP contribution < -0.4 is 0 Å². The van der Waals surface area contributed by atoms with E-state index in [2.05, 4.69) is 9.97 Å². The van der Waals surface area contributed by atoms with E-state index in [0.717, 1.165) is 0 Å². The van der Waals surface area contributed by atoms with Gasteiger partial charge in [-0.25, -0.2) is 22.8 Å². The van der Waals surface area contributed by atoms with Gasteiger partial charge in [-0.2, -0.15) is 0 Å². The summed E-state index contributed by atoms with van der Waals surface area (Å²) in [7, 11) is -3.05. The number of hydrogen-bond donors (Lipinski definition) is 2. The van der Waals surface area contributed by atoms with Crippen LogP contribution in [0, 0.1) is 23.3 Å². The summed E-state index contributed by atoms with van der Waals surface area (Å²) >= 11 is 11.9. The Kier molecular flexibility index (Phi) is 5.29. The van der Waals surface area contributed by atoms with Gasteiger partial charge in [-0.3, -0.25) is 0 Å². The van der Waals surface area contributed by atoms with Gasteiger partial charge in [0.25, 0.3) is 0 Å². The lowest BCUT2D eigenvalue weighted by Crippen LogP contribution is -2.07. The lowest BCUT2D eigenvalue weighted by Gasteiger charge is -2.17. The van der Waals surface area contributed by atoms with Crippen molar-refractivity contribution in [3.63, 3.8) is 0 Å². The highest BCUT2D eigenvalue weighted by Gasteiger charge is 2.25. The topological polar surface area (TPSA) is 69.6 Å². The van der Waals surface area contributed by atoms with Crippen molar-refractivity contribution in [3.05, 3.63) is 80.7 Å². The quantitative estimate of drug-likeness (QED) is 0.573. The van der Waals surface area contributed by atoms with Crippen LogP contribution >= 0.6 is 23.2 Å². The molecule has 0 saturated heterocycles. The first-order valence-electron chi connectivity index (χ1n) is 7.78. The molecule has 0 aliphatic heterocycles. The molecule has 0 spiro atoms. The SMILES string of the molecule is Cc1[nH]c(C(c2ccc(F)c(Cl)c2)c2ccc(F)c(Cl)c2)nc1S(C)(=N)=O. The minimum atomic E-state index is -3.05. The van der Waals surface area contributed by atoms with E-state index in [-0.39, 0.29) is 15.1 Å². The fourth-order valence-corrected chi connectivity index (χ4v) is 4.16. The van der Waals surface area contributed by atoms with E-state index in [1.807, 2.05) is 0 Å². The van der Waals surface area contributed by atoms with Gasteiger partial charge in [0.05, 0.1) is 25.7 Å². The standard InChI is InChI=1S/C18H15Cl2F2N3OS/c1-9-18(27(2,23)26)25-17(24-9)16(10-3-5-14(21)12(19)7-10)11-4-6-15(22)13(20)8-11/h3-8,16,23H,1-2H3,(H,24,25). The van der Waals surface area contributed by atoms with Crippen molar-refractivity contribution in [1.29, 1.82) is 4.78 Å². The van der Waals surface area contributed by atoms with E-state index in [0.29, 0.717) is 22.6 Å². The average molecular weight is 430 g/mol. The maximum absolute atomic E-state index is 13.6. The fraction of sp³-hybridized carbons (Fsp3) is 0.167. The maximum atomic E-state index is 13.6.